The van der Waals surface area contributed by atoms with Crippen LogP contribution in [0.3, 0.4) is 0 Å². The van der Waals surface area contributed by atoms with E-state index in [0.29, 0.717) is 39.0 Å². The van der Waals surface area contributed by atoms with Crippen LogP contribution >= 0.6 is 11.6 Å². The monoisotopic (exact) mass is 380 g/mol. The lowest BCUT2D eigenvalue weighted by Gasteiger charge is -2.05. The summed E-state index contributed by atoms with van der Waals surface area (Å²) in [6, 6.07) is 16.8. The van der Waals surface area contributed by atoms with E-state index in [9.17, 15) is 15.4 Å². The van der Waals surface area contributed by atoms with Crippen LogP contribution in [0.1, 0.15) is 11.3 Å². The highest BCUT2D eigenvalue weighted by Crippen LogP contribution is 2.35. The highest BCUT2D eigenvalue weighted by Gasteiger charge is 2.15. The van der Waals surface area contributed by atoms with Gasteiger partial charge in [0.25, 0.3) is 5.69 Å². The van der Waals surface area contributed by atoms with Gasteiger partial charge in [-0.3, -0.25) is 10.1 Å². The fourth-order valence-corrected chi connectivity index (χ4v) is 2.74. The molecule has 1 aromatic heterocycles. The number of halogens is 1. The van der Waals surface area contributed by atoms with E-state index in [0.717, 1.165) is 0 Å². The summed E-state index contributed by atoms with van der Waals surface area (Å²) in [5.74, 6) is 1.25. The molecule has 0 aliphatic carbocycles. The topological polar surface area (TPSA) is 89.3 Å². The predicted octanol–water partition coefficient (Wildman–Crippen LogP) is 5.58. The summed E-state index contributed by atoms with van der Waals surface area (Å²) in [5.41, 5.74) is 1.57. The van der Waals surface area contributed by atoms with Crippen molar-refractivity contribution in [1.29, 1.82) is 5.26 Å². The number of ether oxygens (including phenoxy) is 1. The van der Waals surface area contributed by atoms with Gasteiger partial charge in [-0.2, -0.15) is 5.26 Å². The summed E-state index contributed by atoms with van der Waals surface area (Å²) in [7, 11) is 1.43. The van der Waals surface area contributed by atoms with Gasteiger partial charge < -0.3 is 9.15 Å². The average Bonchev–Trinajstić information content (AvgIpc) is 3.13. The van der Waals surface area contributed by atoms with Crippen LogP contribution in [0.4, 0.5) is 5.69 Å². The number of nitro groups is 1. The molecule has 0 N–H and O–H groups in total. The van der Waals surface area contributed by atoms with E-state index in [1.807, 2.05) is 0 Å². The van der Waals surface area contributed by atoms with Crippen LogP contribution in [0, 0.1) is 21.4 Å². The van der Waals surface area contributed by atoms with E-state index in [1.165, 1.54) is 19.2 Å². The van der Waals surface area contributed by atoms with E-state index in [-0.39, 0.29) is 5.69 Å². The molecular formula is C20H13ClN2O4. The molecular weight excluding hydrogens is 368 g/mol. The molecule has 0 unspecified atom stereocenters. The second-order valence-corrected chi connectivity index (χ2v) is 5.96. The van der Waals surface area contributed by atoms with E-state index in [1.54, 1.807) is 48.5 Å². The van der Waals surface area contributed by atoms with Crippen molar-refractivity contribution in [3.05, 3.63) is 81.1 Å². The second-order valence-electron chi connectivity index (χ2n) is 5.52. The third-order valence-electron chi connectivity index (χ3n) is 3.83. The Hall–Kier alpha value is -3.56. The van der Waals surface area contributed by atoms with Gasteiger partial charge in [0.2, 0.25) is 0 Å². The Morgan fingerprint density at radius 3 is 2.74 bits per heavy atom. The summed E-state index contributed by atoms with van der Waals surface area (Å²) in [6.45, 7) is 0. The molecule has 0 radical (unpaired) electrons. The number of allylic oxidation sites excluding steroid dienone is 1. The molecule has 0 atom stereocenters. The first kappa shape index (κ1) is 18.2. The lowest BCUT2D eigenvalue weighted by Crippen LogP contribution is -1.92. The van der Waals surface area contributed by atoms with Gasteiger partial charge in [0.1, 0.15) is 17.3 Å². The number of nitriles is 1. The molecule has 0 aliphatic heterocycles. The van der Waals surface area contributed by atoms with Gasteiger partial charge in [-0.15, -0.1) is 0 Å². The minimum absolute atomic E-state index is 0.0741. The maximum absolute atomic E-state index is 10.9. The Morgan fingerprint density at radius 2 is 2.07 bits per heavy atom. The number of nitrogens with zero attached hydrogens (tertiary/aromatic N) is 2. The second kappa shape index (κ2) is 7.77. The third kappa shape index (κ3) is 4.00. The van der Waals surface area contributed by atoms with Gasteiger partial charge in [0.05, 0.1) is 35.3 Å². The maximum Gasteiger partial charge on any atom is 0.273 e. The molecule has 3 rings (SSSR count). The van der Waals surface area contributed by atoms with E-state index >= 15 is 0 Å². The molecule has 3 aromatic rings. The molecule has 0 spiro atoms. The van der Waals surface area contributed by atoms with Crippen LogP contribution < -0.4 is 4.74 Å². The summed E-state index contributed by atoms with van der Waals surface area (Å²) < 4.78 is 11.0. The Morgan fingerprint density at radius 1 is 1.26 bits per heavy atom. The van der Waals surface area contributed by atoms with E-state index in [2.05, 4.69) is 6.07 Å². The van der Waals surface area contributed by atoms with Crippen LogP contribution in [0.2, 0.25) is 5.02 Å². The van der Waals surface area contributed by atoms with Crippen LogP contribution in [-0.2, 0) is 0 Å². The standard InChI is InChI=1S/C20H13ClN2O4/c1-26-20-11-16(23(24)25)5-7-18(20)19-8-6-17(27-19)10-14(12-22)13-3-2-4-15(21)9-13/h2-11H,1H3/b14-10-. The van der Waals surface area contributed by atoms with Gasteiger partial charge in [0.15, 0.2) is 0 Å². The number of non-ortho nitro benzene ring substituents is 1. The number of methoxy groups -OCH3 is 1. The normalized spacial score (nSPS) is 11.1. The van der Waals surface area contributed by atoms with E-state index in [4.69, 9.17) is 20.8 Å². The van der Waals surface area contributed by atoms with Crippen molar-refractivity contribution in [2.75, 3.05) is 7.11 Å². The fourth-order valence-electron chi connectivity index (χ4n) is 2.55. The van der Waals surface area contributed by atoms with Gasteiger partial charge >= 0.3 is 0 Å². The molecule has 0 amide bonds. The van der Waals surface area contributed by atoms with Crippen molar-refractivity contribution in [3.8, 4) is 23.1 Å². The number of furan rings is 1. The highest BCUT2D eigenvalue weighted by atomic mass is 35.5. The Balaban J connectivity index is 1.97. The molecule has 0 bridgehead atoms. The molecule has 2 aromatic carbocycles. The minimum atomic E-state index is -0.493. The van der Waals surface area contributed by atoms with Crippen molar-refractivity contribution in [2.24, 2.45) is 0 Å². The van der Waals surface area contributed by atoms with Crippen LogP contribution in [0.15, 0.2) is 59.0 Å². The van der Waals surface area contributed by atoms with Gasteiger partial charge in [-0.1, -0.05) is 23.7 Å². The summed E-state index contributed by atoms with van der Waals surface area (Å²) in [4.78, 5) is 10.4. The molecule has 0 saturated carbocycles. The van der Waals surface area contributed by atoms with Gasteiger partial charge in [-0.25, -0.2) is 0 Å². The predicted molar refractivity (Wildman–Crippen MR) is 102 cm³/mol. The zero-order valence-corrected chi connectivity index (χ0v) is 14.9. The number of hydrogen-bond acceptors (Lipinski definition) is 5. The molecule has 134 valence electrons. The lowest BCUT2D eigenvalue weighted by molar-refractivity contribution is -0.384. The molecule has 27 heavy (non-hydrogen) atoms. The Bertz CT molecular complexity index is 1080. The number of benzene rings is 2. The first-order valence-electron chi connectivity index (χ1n) is 7.82. The summed E-state index contributed by atoms with van der Waals surface area (Å²) in [6.07, 6.45) is 1.60. The molecule has 1 heterocycles. The van der Waals surface area contributed by atoms with Crippen molar-refractivity contribution in [3.63, 3.8) is 0 Å². The quantitative estimate of drug-likeness (QED) is 0.327. The highest BCUT2D eigenvalue weighted by molar-refractivity contribution is 6.30. The van der Waals surface area contributed by atoms with Gasteiger partial charge in [0, 0.05) is 11.1 Å². The first-order valence-corrected chi connectivity index (χ1v) is 8.20. The van der Waals surface area contributed by atoms with E-state index < -0.39 is 4.92 Å². The Labute approximate surface area is 160 Å². The maximum atomic E-state index is 10.9. The summed E-state index contributed by atoms with van der Waals surface area (Å²) >= 11 is 5.98. The molecule has 0 saturated heterocycles. The van der Waals surface area contributed by atoms with Crippen LogP contribution in [0.25, 0.3) is 23.0 Å². The SMILES string of the molecule is COc1cc([N+](=O)[O-])ccc1-c1ccc(/C=C(/C#N)c2cccc(Cl)c2)o1. The molecule has 6 nitrogen and oxygen atoms in total. The van der Waals surface area contributed by atoms with Crippen LogP contribution in [-0.4, -0.2) is 12.0 Å². The minimum Gasteiger partial charge on any atom is -0.496 e. The molecule has 7 heteroatoms. The average molecular weight is 381 g/mol. The molecule has 0 fully saturated rings. The third-order valence-corrected chi connectivity index (χ3v) is 4.07. The van der Waals surface area contributed by atoms with Crippen LogP contribution in [0.5, 0.6) is 5.75 Å². The number of hydrogen-bond donors (Lipinski definition) is 0. The zero-order valence-electron chi connectivity index (χ0n) is 14.2. The van der Waals surface area contributed by atoms with Crippen molar-refractivity contribution < 1.29 is 14.1 Å². The van der Waals surface area contributed by atoms with Crippen molar-refractivity contribution in [2.45, 2.75) is 0 Å². The first-order chi connectivity index (χ1) is 13.0. The largest absolute Gasteiger partial charge is 0.496 e. The summed E-state index contributed by atoms with van der Waals surface area (Å²) in [5, 5.41) is 20.9. The molecule has 0 aliphatic rings. The van der Waals surface area contributed by atoms with Crippen molar-refractivity contribution >= 4 is 28.9 Å². The fraction of sp³-hybridized carbons (Fsp3) is 0.0500. The van der Waals surface area contributed by atoms with Gasteiger partial charge in [-0.05, 0) is 42.0 Å². The Kier molecular flexibility index (Phi) is 5.25. The smallest absolute Gasteiger partial charge is 0.273 e. The number of nitro benzene ring substituents is 1. The van der Waals surface area contributed by atoms with Crippen molar-refractivity contribution in [1.82, 2.24) is 0 Å². The lowest BCUT2D eigenvalue weighted by atomic mass is 10.1. The zero-order chi connectivity index (χ0) is 19.4. The number of rotatable bonds is 5.